The zero-order chi connectivity index (χ0) is 21.8. The lowest BCUT2D eigenvalue weighted by Gasteiger charge is -2.31. The van der Waals surface area contributed by atoms with Crippen molar-refractivity contribution < 1.29 is 4.79 Å². The van der Waals surface area contributed by atoms with Crippen molar-refractivity contribution in [3.8, 4) is 0 Å². The summed E-state index contributed by atoms with van der Waals surface area (Å²) in [7, 11) is 0. The molecular weight excluding hydrogens is 370 g/mol. The predicted octanol–water partition coefficient (Wildman–Crippen LogP) is 5.38. The lowest BCUT2D eigenvalue weighted by molar-refractivity contribution is -0.135. The Labute approximate surface area is 181 Å². The number of hydrogen-bond acceptors (Lipinski definition) is 2. The van der Waals surface area contributed by atoms with Gasteiger partial charge in [0.2, 0.25) is 5.91 Å². The Hall–Kier alpha value is -2.07. The van der Waals surface area contributed by atoms with Crippen LogP contribution >= 0.6 is 0 Å². The van der Waals surface area contributed by atoms with Crippen LogP contribution < -0.4 is 5.73 Å². The second-order valence-electron chi connectivity index (χ2n) is 9.48. The number of nitrogens with zero attached hydrogens (tertiary/aromatic N) is 1. The molecule has 2 atom stereocenters. The highest BCUT2D eigenvalue weighted by Crippen LogP contribution is 2.41. The van der Waals surface area contributed by atoms with Gasteiger partial charge in [-0.1, -0.05) is 39.0 Å². The van der Waals surface area contributed by atoms with Crippen LogP contribution in [0.25, 0.3) is 16.5 Å². The largest absolute Gasteiger partial charge is 0.361 e. The maximum absolute atomic E-state index is 13.5. The Bertz CT molecular complexity index is 893. The molecule has 1 aliphatic rings. The third-order valence-corrected chi connectivity index (χ3v) is 6.54. The van der Waals surface area contributed by atoms with Crippen LogP contribution in [0.15, 0.2) is 30.5 Å². The van der Waals surface area contributed by atoms with Crippen LogP contribution in [0.4, 0.5) is 0 Å². The van der Waals surface area contributed by atoms with Gasteiger partial charge in [0.05, 0.1) is 5.92 Å². The molecule has 3 rings (SSSR count). The van der Waals surface area contributed by atoms with Crippen LogP contribution in [0.1, 0.15) is 65.0 Å². The van der Waals surface area contributed by atoms with E-state index in [1.165, 1.54) is 27.6 Å². The SMILES string of the molecule is CC[C@@H]1Cc2c[nH]c3cccc(c23)/C1=C/[C@H](CN)C(=O)N(CCCC(C)C)C(C)C. The molecule has 0 radical (unpaired) electrons. The van der Waals surface area contributed by atoms with Gasteiger partial charge < -0.3 is 15.6 Å². The van der Waals surface area contributed by atoms with E-state index in [-0.39, 0.29) is 17.9 Å². The Morgan fingerprint density at radius 2 is 2.07 bits per heavy atom. The Morgan fingerprint density at radius 1 is 1.30 bits per heavy atom. The van der Waals surface area contributed by atoms with Crippen LogP contribution in [0.5, 0.6) is 0 Å². The molecule has 0 spiro atoms. The highest BCUT2D eigenvalue weighted by molar-refractivity contribution is 5.98. The van der Waals surface area contributed by atoms with Crippen molar-refractivity contribution in [2.24, 2.45) is 23.5 Å². The fraction of sp³-hybridized carbons (Fsp3) is 0.577. The Morgan fingerprint density at radius 3 is 2.70 bits per heavy atom. The van der Waals surface area contributed by atoms with Crippen LogP contribution in [0, 0.1) is 17.8 Å². The number of carbonyl (C=O) groups excluding carboxylic acids is 1. The van der Waals surface area contributed by atoms with E-state index in [0.29, 0.717) is 18.4 Å². The Kier molecular flexibility index (Phi) is 7.41. The van der Waals surface area contributed by atoms with E-state index in [1.54, 1.807) is 0 Å². The minimum Gasteiger partial charge on any atom is -0.361 e. The van der Waals surface area contributed by atoms with Gasteiger partial charge in [-0.05, 0) is 74.1 Å². The van der Waals surface area contributed by atoms with Gasteiger partial charge in [-0.25, -0.2) is 0 Å². The molecule has 1 aliphatic carbocycles. The second-order valence-corrected chi connectivity index (χ2v) is 9.48. The van der Waals surface area contributed by atoms with Crippen LogP contribution in [-0.4, -0.2) is 34.9 Å². The fourth-order valence-electron chi connectivity index (χ4n) is 4.81. The first-order chi connectivity index (χ1) is 14.4. The number of H-pyrrole nitrogens is 1. The molecular formula is C26H39N3O. The molecule has 1 amide bonds. The monoisotopic (exact) mass is 409 g/mol. The van der Waals surface area contributed by atoms with Gasteiger partial charge in [-0.2, -0.15) is 0 Å². The maximum atomic E-state index is 13.5. The maximum Gasteiger partial charge on any atom is 0.231 e. The summed E-state index contributed by atoms with van der Waals surface area (Å²) in [4.78, 5) is 18.9. The minimum atomic E-state index is -0.272. The summed E-state index contributed by atoms with van der Waals surface area (Å²) in [6.45, 7) is 12.1. The number of nitrogens with one attached hydrogen (secondary N) is 1. The van der Waals surface area contributed by atoms with E-state index in [2.05, 4.69) is 70.1 Å². The third kappa shape index (κ3) is 4.64. The van der Waals surface area contributed by atoms with Gasteiger partial charge in [0, 0.05) is 36.2 Å². The average Bonchev–Trinajstić information content (AvgIpc) is 3.13. The predicted molar refractivity (Wildman–Crippen MR) is 127 cm³/mol. The quantitative estimate of drug-likeness (QED) is 0.584. The van der Waals surface area contributed by atoms with Crippen molar-refractivity contribution in [2.75, 3.05) is 13.1 Å². The molecule has 2 aromatic rings. The molecule has 0 bridgehead atoms. The van der Waals surface area contributed by atoms with E-state index in [0.717, 1.165) is 32.2 Å². The van der Waals surface area contributed by atoms with Gasteiger partial charge in [-0.15, -0.1) is 0 Å². The smallest absolute Gasteiger partial charge is 0.231 e. The van der Waals surface area contributed by atoms with Crippen molar-refractivity contribution in [3.63, 3.8) is 0 Å². The summed E-state index contributed by atoms with van der Waals surface area (Å²) in [5.74, 6) is 0.983. The third-order valence-electron chi connectivity index (χ3n) is 6.54. The van der Waals surface area contributed by atoms with Crippen LogP contribution in [0.2, 0.25) is 0 Å². The highest BCUT2D eigenvalue weighted by atomic mass is 16.2. The molecule has 0 aliphatic heterocycles. The summed E-state index contributed by atoms with van der Waals surface area (Å²) in [5, 5.41) is 1.31. The molecule has 1 aromatic carbocycles. The molecule has 30 heavy (non-hydrogen) atoms. The Balaban J connectivity index is 1.92. The summed E-state index contributed by atoms with van der Waals surface area (Å²) in [5.41, 5.74) is 11.3. The zero-order valence-corrected chi connectivity index (χ0v) is 19.4. The number of aromatic amines is 1. The molecule has 0 saturated carbocycles. The topological polar surface area (TPSA) is 62.1 Å². The van der Waals surface area contributed by atoms with E-state index in [4.69, 9.17) is 5.73 Å². The number of benzene rings is 1. The average molecular weight is 410 g/mol. The van der Waals surface area contributed by atoms with Crippen molar-refractivity contribution in [3.05, 3.63) is 41.6 Å². The highest BCUT2D eigenvalue weighted by Gasteiger charge is 2.29. The molecule has 1 aromatic heterocycles. The van der Waals surface area contributed by atoms with E-state index in [9.17, 15) is 4.79 Å². The molecule has 0 saturated heterocycles. The number of aromatic nitrogens is 1. The summed E-state index contributed by atoms with van der Waals surface area (Å²) >= 11 is 0. The standard InChI is InChI=1S/C26H39N3O/c1-6-19-13-21-16-28-24-11-7-10-22(25(21)24)23(19)14-20(15-27)26(30)29(18(4)5)12-8-9-17(2)3/h7,10-11,14,16-20,28H,6,8-9,12-13,15,27H2,1-5H3/b23-14+/t19-,20-/m1/s1. The molecule has 0 fully saturated rings. The number of rotatable bonds is 9. The first-order valence-corrected chi connectivity index (χ1v) is 11.7. The number of amides is 1. The fourth-order valence-corrected chi connectivity index (χ4v) is 4.81. The number of carbonyl (C=O) groups is 1. The number of allylic oxidation sites excluding steroid dienone is 1. The van der Waals surface area contributed by atoms with Crippen molar-refractivity contribution in [2.45, 2.75) is 66.3 Å². The van der Waals surface area contributed by atoms with Gasteiger partial charge in [0.25, 0.3) is 0 Å². The van der Waals surface area contributed by atoms with Crippen molar-refractivity contribution in [1.82, 2.24) is 9.88 Å². The summed E-state index contributed by atoms with van der Waals surface area (Å²) in [6.07, 6.45) is 8.60. The second kappa shape index (κ2) is 9.82. The molecule has 164 valence electrons. The van der Waals surface area contributed by atoms with Gasteiger partial charge >= 0.3 is 0 Å². The molecule has 0 unspecified atom stereocenters. The number of hydrogen-bond donors (Lipinski definition) is 2. The molecule has 4 nitrogen and oxygen atoms in total. The van der Waals surface area contributed by atoms with E-state index in [1.807, 2.05) is 4.90 Å². The molecule has 1 heterocycles. The minimum absolute atomic E-state index is 0.172. The van der Waals surface area contributed by atoms with Gasteiger partial charge in [0.1, 0.15) is 0 Å². The summed E-state index contributed by atoms with van der Waals surface area (Å²) in [6, 6.07) is 6.63. The normalized spacial score (nSPS) is 18.5. The van der Waals surface area contributed by atoms with E-state index >= 15 is 0 Å². The first kappa shape index (κ1) is 22.6. The molecule has 3 N–H and O–H groups in total. The van der Waals surface area contributed by atoms with Crippen molar-refractivity contribution >= 4 is 22.4 Å². The van der Waals surface area contributed by atoms with Gasteiger partial charge in [0.15, 0.2) is 0 Å². The number of nitrogens with two attached hydrogens (primary N) is 1. The van der Waals surface area contributed by atoms with Crippen LogP contribution in [-0.2, 0) is 11.2 Å². The lowest BCUT2D eigenvalue weighted by atomic mass is 9.77. The molecule has 4 heteroatoms. The zero-order valence-electron chi connectivity index (χ0n) is 19.4. The van der Waals surface area contributed by atoms with Gasteiger partial charge in [-0.3, -0.25) is 4.79 Å². The van der Waals surface area contributed by atoms with Crippen molar-refractivity contribution in [1.29, 1.82) is 0 Å². The first-order valence-electron chi connectivity index (χ1n) is 11.7. The van der Waals surface area contributed by atoms with Crippen LogP contribution in [0.3, 0.4) is 0 Å². The van der Waals surface area contributed by atoms with E-state index < -0.39 is 0 Å². The summed E-state index contributed by atoms with van der Waals surface area (Å²) < 4.78 is 0. The lowest BCUT2D eigenvalue weighted by Crippen LogP contribution is -2.43.